The van der Waals surface area contributed by atoms with Crippen molar-refractivity contribution in [3.05, 3.63) is 240 Å². The summed E-state index contributed by atoms with van der Waals surface area (Å²) in [4.78, 5) is 9.64. The van der Waals surface area contributed by atoms with Crippen LogP contribution < -0.4 is 14.5 Å². The first kappa shape index (κ1) is 52.9. The van der Waals surface area contributed by atoms with Crippen LogP contribution in [0.1, 0.15) is 103 Å². The van der Waals surface area contributed by atoms with E-state index in [1.165, 1.54) is 28.8 Å². The highest BCUT2D eigenvalue weighted by atomic mass is 19.1. The maximum absolute atomic E-state index is 15.7. The van der Waals surface area contributed by atoms with E-state index in [0.29, 0.717) is 23.7 Å². The molecule has 0 spiro atoms. The van der Waals surface area contributed by atoms with Gasteiger partial charge in [0.15, 0.2) is 0 Å². The van der Waals surface area contributed by atoms with Gasteiger partial charge in [-0.3, -0.25) is 4.57 Å². The molecular weight excluding hydrogens is 999 g/mol. The second-order valence-corrected chi connectivity index (χ2v) is 24.4. The third-order valence-corrected chi connectivity index (χ3v) is 16.0. The zero-order chi connectivity index (χ0) is 56.5. The smallest absolute Gasteiger partial charge is 0.137 e. The summed E-state index contributed by atoms with van der Waals surface area (Å²) in [5, 5.41) is 2.24. The third kappa shape index (κ3) is 10.2. The van der Waals surface area contributed by atoms with E-state index in [2.05, 4.69) is 260 Å². The molecule has 9 aromatic carbocycles. The molecule has 11 aromatic rings. The van der Waals surface area contributed by atoms with Gasteiger partial charge in [0.2, 0.25) is 0 Å². The maximum atomic E-state index is 15.7. The minimum atomic E-state index is -0.627. The summed E-state index contributed by atoms with van der Waals surface area (Å²) in [6.07, 6.45) is 1.91. The maximum Gasteiger partial charge on any atom is 0.137 e. The SMILES string of the molecule is CC(C)c1cc(-c2cc(C(C)(C)C)cc(-c3cc(F)cc(F)c3)c2N2CN(c3cc(Oc4ccc5c6ccccc6n(-c6cc(C(C)(C)C)ccn6)c5c4)cc(-c4ccccc4-c4ccccc4)c3)c3ccccc32)cc(C(C)C)c1. The van der Waals surface area contributed by atoms with Crippen LogP contribution in [-0.2, 0) is 10.8 Å². The highest BCUT2D eigenvalue weighted by molar-refractivity contribution is 6.09. The molecule has 0 N–H and O–H groups in total. The molecule has 0 bridgehead atoms. The number of rotatable bonds is 11. The van der Waals surface area contributed by atoms with Gasteiger partial charge in [0.05, 0.1) is 28.1 Å². The Hall–Kier alpha value is -8.81. The predicted molar refractivity (Wildman–Crippen MR) is 334 cm³/mol. The van der Waals surface area contributed by atoms with Crippen molar-refractivity contribution in [3.8, 4) is 61.8 Å². The molecule has 0 saturated carbocycles. The van der Waals surface area contributed by atoms with Crippen molar-refractivity contribution in [2.45, 2.75) is 91.9 Å². The molecule has 12 rings (SSSR count). The molecule has 0 radical (unpaired) electrons. The molecule has 81 heavy (non-hydrogen) atoms. The summed E-state index contributed by atoms with van der Waals surface area (Å²) in [6, 6.07) is 68.5. The van der Waals surface area contributed by atoms with E-state index in [0.717, 1.165) is 101 Å². The van der Waals surface area contributed by atoms with E-state index in [9.17, 15) is 0 Å². The van der Waals surface area contributed by atoms with Gasteiger partial charge in [0.25, 0.3) is 0 Å². The van der Waals surface area contributed by atoms with Crippen molar-refractivity contribution in [2.24, 2.45) is 0 Å². The van der Waals surface area contributed by atoms with Gasteiger partial charge < -0.3 is 14.5 Å². The van der Waals surface area contributed by atoms with E-state index < -0.39 is 11.6 Å². The third-order valence-electron chi connectivity index (χ3n) is 16.0. The van der Waals surface area contributed by atoms with Crippen molar-refractivity contribution >= 4 is 44.6 Å². The molecule has 0 aliphatic carbocycles. The number of fused-ring (bicyclic) bond motifs is 4. The molecular formula is C74H68F2N4O. The number of halogens is 2. The average molecular weight is 1070 g/mol. The van der Waals surface area contributed by atoms with Crippen LogP contribution in [0, 0.1) is 11.6 Å². The van der Waals surface area contributed by atoms with Crippen LogP contribution in [0.15, 0.2) is 206 Å². The zero-order valence-corrected chi connectivity index (χ0v) is 47.9. The molecule has 3 heterocycles. The zero-order valence-electron chi connectivity index (χ0n) is 47.9. The number of para-hydroxylation sites is 3. The van der Waals surface area contributed by atoms with Gasteiger partial charge in [-0.25, -0.2) is 13.8 Å². The standard InChI is InChI=1S/C74H68F2N4O/c1-46(2)49-32-50(47(3)4)34-51(33-49)65-39-55(74(8,9)10)40-66(52-35-56(75)42-57(76)36-52)72(65)79-45-78(68-26-18-19-27-69(68)79)58-37-53(62-23-15-14-22-61(62)48-20-12-11-13-21-48)38-60(43-58)81-59-28-29-64-63-24-16-17-25-67(63)80(70(64)44-59)71-41-54(30-31-77-71)73(5,6)7/h11-44,46-47H,45H2,1-10H3. The molecule has 1 aliphatic rings. The van der Waals surface area contributed by atoms with E-state index >= 15 is 8.78 Å². The fraction of sp³-hybridized carbons (Fsp3) is 0.203. The quantitative estimate of drug-likeness (QED) is 0.129. The number of hydrogen-bond acceptors (Lipinski definition) is 4. The molecule has 7 heteroatoms. The van der Waals surface area contributed by atoms with E-state index in [1.807, 2.05) is 12.3 Å². The fourth-order valence-corrected chi connectivity index (χ4v) is 11.6. The second-order valence-electron chi connectivity index (χ2n) is 24.4. The first-order chi connectivity index (χ1) is 38.9. The van der Waals surface area contributed by atoms with Gasteiger partial charge in [-0.2, -0.15) is 0 Å². The summed E-state index contributed by atoms with van der Waals surface area (Å²) in [5.74, 6) is 1.47. The molecule has 0 fully saturated rings. The summed E-state index contributed by atoms with van der Waals surface area (Å²) in [6.45, 7) is 22.6. The Bertz CT molecular complexity index is 4150. The van der Waals surface area contributed by atoms with Gasteiger partial charge in [-0.1, -0.05) is 172 Å². The fourth-order valence-electron chi connectivity index (χ4n) is 11.6. The lowest BCUT2D eigenvalue weighted by Crippen LogP contribution is -2.25. The number of nitrogens with zero attached hydrogens (tertiary/aromatic N) is 4. The molecule has 1 aliphatic heterocycles. The largest absolute Gasteiger partial charge is 0.457 e. The number of hydrogen-bond donors (Lipinski definition) is 0. The van der Waals surface area contributed by atoms with Crippen LogP contribution in [0.4, 0.5) is 31.5 Å². The van der Waals surface area contributed by atoms with Gasteiger partial charge >= 0.3 is 0 Å². The highest BCUT2D eigenvalue weighted by Crippen LogP contribution is 2.53. The van der Waals surface area contributed by atoms with Crippen LogP contribution >= 0.6 is 0 Å². The normalized spacial score (nSPS) is 12.8. The van der Waals surface area contributed by atoms with Gasteiger partial charge in [0, 0.05) is 52.0 Å². The summed E-state index contributed by atoms with van der Waals surface area (Å²) in [7, 11) is 0. The van der Waals surface area contributed by atoms with Crippen LogP contribution in [-0.4, -0.2) is 16.2 Å². The second kappa shape index (κ2) is 20.7. The molecule has 0 amide bonds. The lowest BCUT2D eigenvalue weighted by atomic mass is 9.81. The van der Waals surface area contributed by atoms with E-state index in [4.69, 9.17) is 9.72 Å². The Kier molecular flexibility index (Phi) is 13.5. The number of anilines is 4. The Morgan fingerprint density at radius 1 is 0.444 bits per heavy atom. The molecule has 5 nitrogen and oxygen atoms in total. The van der Waals surface area contributed by atoms with Crippen LogP contribution in [0.25, 0.3) is 72.1 Å². The number of aromatic nitrogens is 2. The molecule has 0 saturated heterocycles. The van der Waals surface area contributed by atoms with Crippen LogP contribution in [0.2, 0.25) is 0 Å². The molecule has 2 aromatic heterocycles. The Labute approximate surface area is 475 Å². The molecule has 404 valence electrons. The summed E-state index contributed by atoms with van der Waals surface area (Å²) >= 11 is 0. The van der Waals surface area contributed by atoms with E-state index in [1.54, 1.807) is 0 Å². The lowest BCUT2D eigenvalue weighted by Gasteiger charge is -2.31. The summed E-state index contributed by atoms with van der Waals surface area (Å²) < 4.78 is 40.8. The minimum Gasteiger partial charge on any atom is -0.457 e. The van der Waals surface area contributed by atoms with E-state index in [-0.39, 0.29) is 22.7 Å². The Morgan fingerprint density at radius 2 is 1.01 bits per heavy atom. The number of benzene rings is 9. The molecule has 0 atom stereocenters. The molecule has 0 unspecified atom stereocenters. The lowest BCUT2D eigenvalue weighted by molar-refractivity contribution is 0.483. The van der Waals surface area contributed by atoms with Crippen LogP contribution in [0.3, 0.4) is 0 Å². The minimum absolute atomic E-state index is 0.0708. The van der Waals surface area contributed by atoms with Gasteiger partial charge in [-0.15, -0.1) is 0 Å². The highest BCUT2D eigenvalue weighted by Gasteiger charge is 2.34. The average Bonchev–Trinajstić information content (AvgIpc) is 4.15. The monoisotopic (exact) mass is 1070 g/mol. The summed E-state index contributed by atoms with van der Waals surface area (Å²) in [5.41, 5.74) is 17.6. The number of ether oxygens (including phenoxy) is 1. The first-order valence-electron chi connectivity index (χ1n) is 28.3. The van der Waals surface area contributed by atoms with Crippen molar-refractivity contribution in [2.75, 3.05) is 16.5 Å². The van der Waals surface area contributed by atoms with Gasteiger partial charge in [0.1, 0.15) is 35.6 Å². The predicted octanol–water partition coefficient (Wildman–Crippen LogP) is 21.0. The number of pyridine rings is 1. The topological polar surface area (TPSA) is 33.5 Å². The van der Waals surface area contributed by atoms with Crippen LogP contribution in [0.5, 0.6) is 11.5 Å². The Balaban J connectivity index is 1.06. The Morgan fingerprint density at radius 3 is 1.67 bits per heavy atom. The van der Waals surface area contributed by atoms with Crippen molar-refractivity contribution in [1.29, 1.82) is 0 Å². The van der Waals surface area contributed by atoms with Gasteiger partial charge in [-0.05, 0) is 157 Å². The van der Waals surface area contributed by atoms with Crippen molar-refractivity contribution < 1.29 is 13.5 Å². The van der Waals surface area contributed by atoms with Crippen molar-refractivity contribution in [3.63, 3.8) is 0 Å². The first-order valence-corrected chi connectivity index (χ1v) is 28.3. The van der Waals surface area contributed by atoms with Crippen molar-refractivity contribution in [1.82, 2.24) is 9.55 Å².